The molecule has 0 fully saturated rings. The Morgan fingerprint density at radius 2 is 1.75 bits per heavy atom. The van der Waals surface area contributed by atoms with Crippen molar-refractivity contribution in [1.29, 1.82) is 0 Å². The van der Waals surface area contributed by atoms with Gasteiger partial charge in [-0.3, -0.25) is 4.79 Å². The van der Waals surface area contributed by atoms with Gasteiger partial charge < -0.3 is 14.2 Å². The van der Waals surface area contributed by atoms with Crippen molar-refractivity contribution in [3.63, 3.8) is 0 Å². The monoisotopic (exact) mass is 176 g/mol. The van der Waals surface area contributed by atoms with Crippen LogP contribution in [0.4, 0.5) is 0 Å². The number of esters is 1. The summed E-state index contributed by atoms with van der Waals surface area (Å²) in [6, 6.07) is 0. The first-order valence-electron chi connectivity index (χ1n) is 3.79. The van der Waals surface area contributed by atoms with Crippen LogP contribution in [0.3, 0.4) is 0 Å². The van der Waals surface area contributed by atoms with Gasteiger partial charge in [-0.25, -0.2) is 0 Å². The second-order valence-corrected chi connectivity index (χ2v) is 2.56. The maximum atomic E-state index is 10.9. The number of hydrogen-bond acceptors (Lipinski definition) is 4. The Bertz CT molecular complexity index is 131. The standard InChI is InChI=1S/C8H16O4/c1-6(8(9)12-4)5-7(10-2)11-3/h6-7H,5H2,1-4H3. The van der Waals surface area contributed by atoms with Crippen molar-refractivity contribution in [2.45, 2.75) is 19.6 Å². The van der Waals surface area contributed by atoms with Gasteiger partial charge in [0, 0.05) is 20.6 Å². The number of hydrogen-bond donors (Lipinski definition) is 0. The second kappa shape index (κ2) is 5.97. The fraction of sp³-hybridized carbons (Fsp3) is 0.875. The molecule has 0 bridgehead atoms. The lowest BCUT2D eigenvalue weighted by atomic mass is 10.1. The van der Waals surface area contributed by atoms with E-state index in [0.29, 0.717) is 6.42 Å². The molecule has 1 atom stereocenters. The van der Waals surface area contributed by atoms with Gasteiger partial charge in [-0.2, -0.15) is 0 Å². The zero-order valence-corrected chi connectivity index (χ0v) is 7.99. The molecule has 0 aromatic heterocycles. The van der Waals surface area contributed by atoms with E-state index in [1.54, 1.807) is 6.92 Å². The van der Waals surface area contributed by atoms with Crippen LogP contribution in [0.25, 0.3) is 0 Å². The van der Waals surface area contributed by atoms with Gasteiger partial charge in [0.25, 0.3) is 0 Å². The fourth-order valence-electron chi connectivity index (χ4n) is 0.875. The molecular formula is C8H16O4. The average molecular weight is 176 g/mol. The molecule has 0 spiro atoms. The van der Waals surface area contributed by atoms with Gasteiger partial charge in [-0.1, -0.05) is 6.92 Å². The molecule has 4 nitrogen and oxygen atoms in total. The molecule has 0 aliphatic carbocycles. The maximum absolute atomic E-state index is 10.9. The van der Waals surface area contributed by atoms with Crippen LogP contribution in [-0.2, 0) is 19.0 Å². The molecule has 4 heteroatoms. The summed E-state index contributed by atoms with van der Waals surface area (Å²) in [6.45, 7) is 1.77. The Balaban J connectivity index is 3.80. The zero-order chi connectivity index (χ0) is 9.56. The van der Waals surface area contributed by atoms with Crippen LogP contribution in [-0.4, -0.2) is 33.6 Å². The number of ether oxygens (including phenoxy) is 3. The highest BCUT2D eigenvalue weighted by molar-refractivity contribution is 5.71. The summed E-state index contributed by atoms with van der Waals surface area (Å²) >= 11 is 0. The highest BCUT2D eigenvalue weighted by atomic mass is 16.7. The van der Waals surface area contributed by atoms with E-state index in [9.17, 15) is 4.79 Å². The van der Waals surface area contributed by atoms with E-state index < -0.39 is 0 Å². The van der Waals surface area contributed by atoms with Gasteiger partial charge in [0.2, 0.25) is 0 Å². The van der Waals surface area contributed by atoms with Crippen molar-refractivity contribution in [3.05, 3.63) is 0 Å². The van der Waals surface area contributed by atoms with Crippen LogP contribution in [0.2, 0.25) is 0 Å². The smallest absolute Gasteiger partial charge is 0.308 e. The molecule has 0 heterocycles. The average Bonchev–Trinajstić information content (AvgIpc) is 2.12. The van der Waals surface area contributed by atoms with Crippen molar-refractivity contribution in [3.8, 4) is 0 Å². The first kappa shape index (κ1) is 11.4. The van der Waals surface area contributed by atoms with E-state index in [0.717, 1.165) is 0 Å². The Morgan fingerprint density at radius 1 is 1.25 bits per heavy atom. The number of rotatable bonds is 5. The molecular weight excluding hydrogens is 160 g/mol. The van der Waals surface area contributed by atoms with Gasteiger partial charge in [0.05, 0.1) is 13.0 Å². The normalized spacial score (nSPS) is 13.1. The van der Waals surface area contributed by atoms with Crippen molar-refractivity contribution in [2.24, 2.45) is 5.92 Å². The van der Waals surface area contributed by atoms with Gasteiger partial charge in [-0.05, 0) is 0 Å². The largest absolute Gasteiger partial charge is 0.469 e. The molecule has 1 unspecified atom stereocenters. The van der Waals surface area contributed by atoms with Gasteiger partial charge in [0.1, 0.15) is 0 Å². The topological polar surface area (TPSA) is 44.8 Å². The number of methoxy groups -OCH3 is 3. The van der Waals surface area contributed by atoms with E-state index in [1.807, 2.05) is 0 Å². The lowest BCUT2D eigenvalue weighted by molar-refractivity contribution is -0.152. The van der Waals surface area contributed by atoms with Crippen LogP contribution in [0, 0.1) is 5.92 Å². The quantitative estimate of drug-likeness (QED) is 0.459. The third kappa shape index (κ3) is 3.69. The third-order valence-corrected chi connectivity index (χ3v) is 1.68. The molecule has 0 amide bonds. The minimum atomic E-state index is -0.334. The Hall–Kier alpha value is -0.610. The Labute approximate surface area is 72.8 Å². The van der Waals surface area contributed by atoms with Crippen molar-refractivity contribution >= 4 is 5.97 Å². The second-order valence-electron chi connectivity index (χ2n) is 2.56. The maximum Gasteiger partial charge on any atom is 0.308 e. The van der Waals surface area contributed by atoms with Crippen LogP contribution in [0.5, 0.6) is 0 Å². The predicted molar refractivity (Wildman–Crippen MR) is 43.6 cm³/mol. The first-order valence-corrected chi connectivity index (χ1v) is 3.79. The first-order chi connectivity index (χ1) is 5.65. The van der Waals surface area contributed by atoms with Crippen LogP contribution >= 0.6 is 0 Å². The molecule has 0 saturated heterocycles. The summed E-state index contributed by atoms with van der Waals surface area (Å²) in [5.41, 5.74) is 0. The lowest BCUT2D eigenvalue weighted by Gasteiger charge is -2.16. The lowest BCUT2D eigenvalue weighted by Crippen LogP contribution is -2.22. The Kier molecular flexibility index (Phi) is 5.66. The van der Waals surface area contributed by atoms with Gasteiger partial charge in [-0.15, -0.1) is 0 Å². The summed E-state index contributed by atoms with van der Waals surface area (Å²) in [5.74, 6) is -0.436. The zero-order valence-electron chi connectivity index (χ0n) is 7.99. The highest BCUT2D eigenvalue weighted by Crippen LogP contribution is 2.10. The molecule has 0 N–H and O–H groups in total. The molecule has 72 valence electrons. The molecule has 0 saturated carbocycles. The molecule has 0 rings (SSSR count). The van der Waals surface area contributed by atoms with Crippen LogP contribution in [0.15, 0.2) is 0 Å². The molecule has 12 heavy (non-hydrogen) atoms. The minimum absolute atomic E-state index is 0.195. The number of carbonyl (C=O) groups excluding carboxylic acids is 1. The number of carbonyl (C=O) groups is 1. The van der Waals surface area contributed by atoms with E-state index in [4.69, 9.17) is 9.47 Å². The third-order valence-electron chi connectivity index (χ3n) is 1.68. The van der Waals surface area contributed by atoms with E-state index in [2.05, 4.69) is 4.74 Å². The molecule has 0 aliphatic heterocycles. The van der Waals surface area contributed by atoms with E-state index >= 15 is 0 Å². The summed E-state index contributed by atoms with van der Waals surface area (Å²) in [4.78, 5) is 10.9. The summed E-state index contributed by atoms with van der Waals surface area (Å²) < 4.78 is 14.4. The van der Waals surface area contributed by atoms with Gasteiger partial charge >= 0.3 is 5.97 Å². The van der Waals surface area contributed by atoms with Gasteiger partial charge in [0.15, 0.2) is 6.29 Å². The summed E-state index contributed by atoms with van der Waals surface area (Å²) in [5, 5.41) is 0. The SMILES string of the molecule is COC(=O)C(C)CC(OC)OC. The van der Waals surface area contributed by atoms with E-state index in [1.165, 1.54) is 21.3 Å². The van der Waals surface area contributed by atoms with Crippen molar-refractivity contribution in [1.82, 2.24) is 0 Å². The van der Waals surface area contributed by atoms with Crippen LogP contribution in [0.1, 0.15) is 13.3 Å². The highest BCUT2D eigenvalue weighted by Gasteiger charge is 2.18. The predicted octanol–water partition coefficient (Wildman–Crippen LogP) is 0.804. The molecule has 0 aliphatic rings. The van der Waals surface area contributed by atoms with E-state index in [-0.39, 0.29) is 18.2 Å². The van der Waals surface area contributed by atoms with Crippen molar-refractivity contribution in [2.75, 3.05) is 21.3 Å². The molecule has 0 aromatic rings. The summed E-state index contributed by atoms with van der Waals surface area (Å²) in [6.07, 6.45) is 0.179. The fourth-order valence-corrected chi connectivity index (χ4v) is 0.875. The van der Waals surface area contributed by atoms with Crippen LogP contribution < -0.4 is 0 Å². The minimum Gasteiger partial charge on any atom is -0.469 e. The molecule has 0 radical (unpaired) electrons. The molecule has 0 aromatic carbocycles. The Morgan fingerprint density at radius 3 is 2.08 bits per heavy atom. The van der Waals surface area contributed by atoms with Crippen molar-refractivity contribution < 1.29 is 19.0 Å². The summed E-state index contributed by atoms with van der Waals surface area (Å²) in [7, 11) is 4.45.